The minimum Gasteiger partial charge on any atom is -0.424 e. The van der Waals surface area contributed by atoms with Crippen LogP contribution in [0.5, 0.6) is 5.75 Å². The number of fused-ring (bicyclic) bond motifs is 1. The van der Waals surface area contributed by atoms with Gasteiger partial charge in [0.15, 0.2) is 0 Å². The molecule has 0 atom stereocenters. The Morgan fingerprint density at radius 1 is 0.861 bits per heavy atom. The highest BCUT2D eigenvalue weighted by Crippen LogP contribution is 2.36. The van der Waals surface area contributed by atoms with Crippen molar-refractivity contribution >= 4 is 33.4 Å². The van der Waals surface area contributed by atoms with E-state index in [-0.39, 0.29) is 6.61 Å². The van der Waals surface area contributed by atoms with Crippen LogP contribution >= 0.6 is 15.9 Å². The molecular weight excluding hydrogens is 518 g/mol. The monoisotopic (exact) mass is 541 g/mol. The molecule has 0 radical (unpaired) electrons. The highest BCUT2D eigenvalue weighted by molar-refractivity contribution is 9.10. The number of carbonyl (C=O) groups is 1. The minimum absolute atomic E-state index is 0.152. The number of pyridine rings is 1. The quantitative estimate of drug-likeness (QED) is 0.170. The van der Waals surface area contributed by atoms with Crippen LogP contribution in [0.25, 0.3) is 16.9 Å². The lowest BCUT2D eigenvalue weighted by molar-refractivity contribution is -0.139. The number of carbonyl (C=O) groups excluding carboxylic acids is 1. The van der Waals surface area contributed by atoms with E-state index in [1.807, 2.05) is 89.5 Å². The van der Waals surface area contributed by atoms with Gasteiger partial charge in [0, 0.05) is 22.8 Å². The minimum atomic E-state index is -0.469. The molecule has 0 aliphatic heterocycles. The maximum Gasteiger partial charge on any atom is 0.337 e. The second-order valence-corrected chi connectivity index (χ2v) is 9.09. The third-order valence-electron chi connectivity index (χ3n) is 5.58. The Kier molecular flexibility index (Phi) is 7.40. The third-order valence-corrected chi connectivity index (χ3v) is 6.05. The molecule has 0 aliphatic rings. The van der Waals surface area contributed by atoms with Crippen LogP contribution in [0.2, 0.25) is 0 Å². The maximum atomic E-state index is 12.6. The van der Waals surface area contributed by atoms with E-state index in [9.17, 15) is 4.79 Å². The molecule has 3 aromatic carbocycles. The van der Waals surface area contributed by atoms with E-state index >= 15 is 0 Å². The number of benzene rings is 3. The number of esters is 1. The molecule has 0 saturated heterocycles. The van der Waals surface area contributed by atoms with Crippen LogP contribution < -0.4 is 10.1 Å². The van der Waals surface area contributed by atoms with Gasteiger partial charge in [0.25, 0.3) is 0 Å². The lowest BCUT2D eigenvalue weighted by atomic mass is 10.1. The van der Waals surface area contributed by atoms with E-state index in [0.717, 1.165) is 27.1 Å². The standard InChI is InChI=1S/C29H24BrN3O3/c30-23-15-16-26-32-28(29(33(26)18-23)31-17-21-9-3-1-4-10-21)24-13-7-8-14-25(24)36-27(34)20-35-19-22-11-5-2-6-12-22/h1-16,18,31H,17,19-20H2. The van der Waals surface area contributed by atoms with Gasteiger partial charge in [-0.25, -0.2) is 9.78 Å². The van der Waals surface area contributed by atoms with Crippen molar-refractivity contribution < 1.29 is 14.3 Å². The lowest BCUT2D eigenvalue weighted by Gasteiger charge is -2.12. The second kappa shape index (κ2) is 11.2. The van der Waals surface area contributed by atoms with E-state index < -0.39 is 5.97 Å². The predicted octanol–water partition coefficient (Wildman–Crippen LogP) is 6.50. The molecule has 0 bridgehead atoms. The van der Waals surface area contributed by atoms with Crippen LogP contribution in [-0.4, -0.2) is 22.0 Å². The topological polar surface area (TPSA) is 64.9 Å². The predicted molar refractivity (Wildman–Crippen MR) is 144 cm³/mol. The van der Waals surface area contributed by atoms with Gasteiger partial charge in [-0.15, -0.1) is 0 Å². The van der Waals surface area contributed by atoms with Gasteiger partial charge in [-0.1, -0.05) is 72.8 Å². The zero-order valence-corrected chi connectivity index (χ0v) is 21.0. The fourth-order valence-electron chi connectivity index (χ4n) is 3.89. The molecule has 7 heteroatoms. The number of nitrogens with zero attached hydrogens (tertiary/aromatic N) is 2. The molecule has 0 aliphatic carbocycles. The number of halogens is 1. The molecule has 2 heterocycles. The Hall–Kier alpha value is -3.94. The number of ether oxygens (including phenoxy) is 2. The molecule has 5 rings (SSSR count). The summed E-state index contributed by atoms with van der Waals surface area (Å²) >= 11 is 3.56. The summed E-state index contributed by atoms with van der Waals surface area (Å²) in [5.74, 6) is 0.763. The van der Waals surface area contributed by atoms with Crippen molar-refractivity contribution in [1.82, 2.24) is 9.38 Å². The summed E-state index contributed by atoms with van der Waals surface area (Å²) in [4.78, 5) is 17.5. The van der Waals surface area contributed by atoms with E-state index in [4.69, 9.17) is 14.5 Å². The Labute approximate surface area is 217 Å². The Morgan fingerprint density at radius 2 is 1.56 bits per heavy atom. The molecule has 36 heavy (non-hydrogen) atoms. The molecule has 5 aromatic rings. The first-order valence-electron chi connectivity index (χ1n) is 11.5. The summed E-state index contributed by atoms with van der Waals surface area (Å²) in [7, 11) is 0. The summed E-state index contributed by atoms with van der Waals surface area (Å²) < 4.78 is 14.2. The van der Waals surface area contributed by atoms with Gasteiger partial charge in [0.1, 0.15) is 29.5 Å². The van der Waals surface area contributed by atoms with E-state index in [2.05, 4.69) is 33.4 Å². The number of para-hydroxylation sites is 1. The van der Waals surface area contributed by atoms with Gasteiger partial charge < -0.3 is 14.8 Å². The van der Waals surface area contributed by atoms with E-state index in [1.54, 1.807) is 6.07 Å². The van der Waals surface area contributed by atoms with Crippen LogP contribution in [0.3, 0.4) is 0 Å². The van der Waals surface area contributed by atoms with Crippen LogP contribution in [0.1, 0.15) is 11.1 Å². The normalized spacial score (nSPS) is 10.9. The summed E-state index contributed by atoms with van der Waals surface area (Å²) in [6.45, 7) is 0.802. The van der Waals surface area contributed by atoms with Gasteiger partial charge >= 0.3 is 5.97 Å². The molecule has 6 nitrogen and oxygen atoms in total. The first kappa shape index (κ1) is 23.8. The number of anilines is 1. The zero-order chi connectivity index (χ0) is 24.7. The lowest BCUT2D eigenvalue weighted by Crippen LogP contribution is -2.16. The Bertz CT molecular complexity index is 1470. The average Bonchev–Trinajstić information content (AvgIpc) is 3.26. The van der Waals surface area contributed by atoms with E-state index in [1.165, 1.54) is 0 Å². The number of hydrogen-bond acceptors (Lipinski definition) is 5. The largest absolute Gasteiger partial charge is 0.424 e. The van der Waals surface area contributed by atoms with Crippen molar-refractivity contribution in [3.63, 3.8) is 0 Å². The van der Waals surface area contributed by atoms with Crippen molar-refractivity contribution in [1.29, 1.82) is 0 Å². The number of imidazole rings is 1. The van der Waals surface area contributed by atoms with Gasteiger partial charge in [0.05, 0.1) is 6.61 Å². The van der Waals surface area contributed by atoms with Crippen LogP contribution in [-0.2, 0) is 22.7 Å². The van der Waals surface area contributed by atoms with Crippen LogP contribution in [0.4, 0.5) is 5.82 Å². The van der Waals surface area contributed by atoms with Gasteiger partial charge in [-0.3, -0.25) is 4.40 Å². The van der Waals surface area contributed by atoms with Gasteiger partial charge in [-0.2, -0.15) is 0 Å². The van der Waals surface area contributed by atoms with Crippen molar-refractivity contribution in [3.8, 4) is 17.0 Å². The molecule has 0 spiro atoms. The van der Waals surface area contributed by atoms with Crippen LogP contribution in [0, 0.1) is 0 Å². The SMILES string of the molecule is O=C(COCc1ccccc1)Oc1ccccc1-c1nc2ccc(Br)cn2c1NCc1ccccc1. The number of hydrogen-bond donors (Lipinski definition) is 1. The second-order valence-electron chi connectivity index (χ2n) is 8.17. The zero-order valence-electron chi connectivity index (χ0n) is 19.4. The molecular formula is C29H24BrN3O3. The highest BCUT2D eigenvalue weighted by atomic mass is 79.9. The number of aromatic nitrogens is 2. The van der Waals surface area contributed by atoms with Crippen molar-refractivity contribution in [3.05, 3.63) is 119 Å². The summed E-state index contributed by atoms with van der Waals surface area (Å²) in [6, 6.07) is 31.2. The number of rotatable bonds is 9. The van der Waals surface area contributed by atoms with E-state index in [0.29, 0.717) is 30.2 Å². The molecule has 180 valence electrons. The molecule has 0 saturated carbocycles. The average molecular weight is 542 g/mol. The fraction of sp³-hybridized carbons (Fsp3) is 0.103. The summed E-state index contributed by atoms with van der Waals surface area (Å²) in [5.41, 5.74) is 4.32. The molecule has 0 fully saturated rings. The Balaban J connectivity index is 1.40. The highest BCUT2D eigenvalue weighted by Gasteiger charge is 2.19. The smallest absolute Gasteiger partial charge is 0.337 e. The van der Waals surface area contributed by atoms with Crippen molar-refractivity contribution in [2.24, 2.45) is 0 Å². The fourth-order valence-corrected chi connectivity index (χ4v) is 4.22. The summed E-state index contributed by atoms with van der Waals surface area (Å²) in [6.07, 6.45) is 1.96. The molecule has 2 aromatic heterocycles. The molecule has 0 amide bonds. The first-order valence-corrected chi connectivity index (χ1v) is 12.3. The first-order chi connectivity index (χ1) is 17.7. The van der Waals surface area contributed by atoms with Gasteiger partial charge in [-0.05, 0) is 51.3 Å². The third kappa shape index (κ3) is 5.64. The molecule has 1 N–H and O–H groups in total. The molecule has 0 unspecified atom stereocenters. The maximum absolute atomic E-state index is 12.6. The van der Waals surface area contributed by atoms with Crippen LogP contribution in [0.15, 0.2) is 108 Å². The Morgan fingerprint density at radius 3 is 2.33 bits per heavy atom. The number of nitrogens with one attached hydrogen (secondary N) is 1. The summed E-state index contributed by atoms with van der Waals surface area (Å²) in [5, 5.41) is 3.53. The van der Waals surface area contributed by atoms with Crippen molar-refractivity contribution in [2.45, 2.75) is 13.2 Å². The van der Waals surface area contributed by atoms with Crippen molar-refractivity contribution in [2.75, 3.05) is 11.9 Å². The van der Waals surface area contributed by atoms with Gasteiger partial charge in [0.2, 0.25) is 0 Å².